The third kappa shape index (κ3) is 10.1. The Labute approximate surface area is 114 Å². The van der Waals surface area contributed by atoms with Crippen molar-refractivity contribution in [3.8, 4) is 0 Å². The summed E-state index contributed by atoms with van der Waals surface area (Å²) in [6, 6.07) is 0.113. The standard InChI is InChI=1S/C13H24N2O4/c1-10(2)14-11(16)6-4-7-12(17)15(3)9-5-8-13(18)19/h10H,4-9H2,1-3H3,(H,14,16)(H,18,19). The van der Waals surface area contributed by atoms with Gasteiger partial charge in [0.25, 0.3) is 0 Å². The summed E-state index contributed by atoms with van der Waals surface area (Å²) in [5.74, 6) is -0.953. The van der Waals surface area contributed by atoms with Crippen LogP contribution in [-0.4, -0.2) is 47.4 Å². The molecule has 0 spiro atoms. The zero-order valence-corrected chi connectivity index (χ0v) is 11.9. The SMILES string of the molecule is CC(C)NC(=O)CCCC(=O)N(C)CCCC(=O)O. The van der Waals surface area contributed by atoms with E-state index >= 15 is 0 Å². The fraction of sp³-hybridized carbons (Fsp3) is 0.769. The molecule has 0 saturated carbocycles. The third-order valence-corrected chi connectivity index (χ3v) is 2.55. The van der Waals surface area contributed by atoms with Gasteiger partial charge in [0.2, 0.25) is 11.8 Å². The van der Waals surface area contributed by atoms with E-state index in [-0.39, 0.29) is 24.3 Å². The Balaban J connectivity index is 3.73. The lowest BCUT2D eigenvalue weighted by Crippen LogP contribution is -2.31. The highest BCUT2D eigenvalue weighted by atomic mass is 16.4. The van der Waals surface area contributed by atoms with Crippen LogP contribution in [0, 0.1) is 0 Å². The number of aliphatic carboxylic acids is 1. The third-order valence-electron chi connectivity index (χ3n) is 2.55. The van der Waals surface area contributed by atoms with Crippen molar-refractivity contribution in [1.29, 1.82) is 0 Å². The van der Waals surface area contributed by atoms with Crippen LogP contribution in [-0.2, 0) is 14.4 Å². The van der Waals surface area contributed by atoms with Crippen LogP contribution < -0.4 is 5.32 Å². The number of nitrogens with zero attached hydrogens (tertiary/aromatic N) is 1. The van der Waals surface area contributed by atoms with Crippen LogP contribution in [0.3, 0.4) is 0 Å². The molecule has 0 atom stereocenters. The molecule has 0 fully saturated rings. The topological polar surface area (TPSA) is 86.7 Å². The smallest absolute Gasteiger partial charge is 0.303 e. The summed E-state index contributed by atoms with van der Waals surface area (Å²) in [7, 11) is 1.65. The fourth-order valence-electron chi connectivity index (χ4n) is 1.58. The lowest BCUT2D eigenvalue weighted by Gasteiger charge is -2.16. The van der Waals surface area contributed by atoms with Gasteiger partial charge in [-0.05, 0) is 26.7 Å². The second-order valence-electron chi connectivity index (χ2n) is 4.89. The van der Waals surface area contributed by atoms with Crippen molar-refractivity contribution in [2.75, 3.05) is 13.6 Å². The first kappa shape index (κ1) is 17.4. The normalized spacial score (nSPS) is 10.3. The van der Waals surface area contributed by atoms with Crippen LogP contribution in [0.25, 0.3) is 0 Å². The molecule has 0 aliphatic carbocycles. The van der Waals surface area contributed by atoms with E-state index < -0.39 is 5.97 Å². The van der Waals surface area contributed by atoms with Gasteiger partial charge in [0.15, 0.2) is 0 Å². The van der Waals surface area contributed by atoms with E-state index in [1.54, 1.807) is 7.05 Å². The number of carbonyl (C=O) groups excluding carboxylic acids is 2. The molecule has 0 aromatic heterocycles. The number of amides is 2. The molecule has 0 rings (SSSR count). The molecule has 6 nitrogen and oxygen atoms in total. The molecular formula is C13H24N2O4. The predicted molar refractivity (Wildman–Crippen MR) is 71.6 cm³/mol. The van der Waals surface area contributed by atoms with Crippen molar-refractivity contribution < 1.29 is 19.5 Å². The number of carbonyl (C=O) groups is 3. The lowest BCUT2D eigenvalue weighted by molar-refractivity contribution is -0.138. The number of hydrogen-bond acceptors (Lipinski definition) is 3. The molecule has 0 radical (unpaired) electrons. The van der Waals surface area contributed by atoms with Crippen molar-refractivity contribution in [3.05, 3.63) is 0 Å². The average Bonchev–Trinajstić information content (AvgIpc) is 2.26. The van der Waals surface area contributed by atoms with Crippen molar-refractivity contribution >= 4 is 17.8 Å². The summed E-state index contributed by atoms with van der Waals surface area (Å²) in [6.07, 6.45) is 1.68. The molecule has 0 aromatic carbocycles. The van der Waals surface area contributed by atoms with Gasteiger partial charge < -0.3 is 15.3 Å². The highest BCUT2D eigenvalue weighted by molar-refractivity contribution is 5.79. The summed E-state index contributed by atoms with van der Waals surface area (Å²) in [5, 5.41) is 11.3. The lowest BCUT2D eigenvalue weighted by atomic mass is 10.2. The van der Waals surface area contributed by atoms with Gasteiger partial charge in [-0.1, -0.05) is 0 Å². The molecule has 0 aliphatic heterocycles. The molecule has 0 bridgehead atoms. The monoisotopic (exact) mass is 272 g/mol. The fourth-order valence-corrected chi connectivity index (χ4v) is 1.58. The van der Waals surface area contributed by atoms with Crippen LogP contribution in [0.2, 0.25) is 0 Å². The summed E-state index contributed by atoms with van der Waals surface area (Å²) in [4.78, 5) is 34.9. The number of rotatable bonds is 9. The van der Waals surface area contributed by atoms with Crippen LogP contribution in [0.1, 0.15) is 46.0 Å². The van der Waals surface area contributed by atoms with Gasteiger partial charge in [0.05, 0.1) is 0 Å². The Hall–Kier alpha value is -1.59. The minimum absolute atomic E-state index is 0.0451. The second-order valence-corrected chi connectivity index (χ2v) is 4.89. The molecule has 2 amide bonds. The van der Waals surface area contributed by atoms with Crippen LogP contribution in [0.5, 0.6) is 0 Å². The van der Waals surface area contributed by atoms with Crippen molar-refractivity contribution in [3.63, 3.8) is 0 Å². The largest absolute Gasteiger partial charge is 0.481 e. The maximum absolute atomic E-state index is 11.7. The van der Waals surface area contributed by atoms with Gasteiger partial charge in [-0.2, -0.15) is 0 Å². The van der Waals surface area contributed by atoms with E-state index in [2.05, 4.69) is 5.32 Å². The Morgan fingerprint density at radius 1 is 1.11 bits per heavy atom. The number of hydrogen-bond donors (Lipinski definition) is 2. The van der Waals surface area contributed by atoms with E-state index in [1.807, 2.05) is 13.8 Å². The second kappa shape index (κ2) is 9.35. The molecule has 0 saturated heterocycles. The minimum Gasteiger partial charge on any atom is -0.481 e. The first-order valence-corrected chi connectivity index (χ1v) is 6.58. The van der Waals surface area contributed by atoms with Gasteiger partial charge in [0.1, 0.15) is 0 Å². The van der Waals surface area contributed by atoms with Crippen LogP contribution in [0.4, 0.5) is 0 Å². The number of nitrogens with one attached hydrogen (secondary N) is 1. The molecule has 0 aromatic rings. The average molecular weight is 272 g/mol. The quantitative estimate of drug-likeness (QED) is 0.655. The first-order chi connectivity index (χ1) is 8.82. The minimum atomic E-state index is -0.855. The Morgan fingerprint density at radius 2 is 1.74 bits per heavy atom. The summed E-state index contributed by atoms with van der Waals surface area (Å²) >= 11 is 0. The zero-order chi connectivity index (χ0) is 14.8. The molecular weight excluding hydrogens is 248 g/mol. The van der Waals surface area contributed by atoms with Gasteiger partial charge in [-0.3, -0.25) is 14.4 Å². The molecule has 6 heteroatoms. The van der Waals surface area contributed by atoms with E-state index in [4.69, 9.17) is 5.11 Å². The van der Waals surface area contributed by atoms with Crippen molar-refractivity contribution in [1.82, 2.24) is 10.2 Å². The predicted octanol–water partition coefficient (Wildman–Crippen LogP) is 1.00. The summed E-state index contributed by atoms with van der Waals surface area (Å²) in [6.45, 7) is 4.21. The maximum atomic E-state index is 11.7. The summed E-state index contributed by atoms with van der Waals surface area (Å²) in [5.41, 5.74) is 0. The van der Waals surface area contributed by atoms with Crippen molar-refractivity contribution in [2.24, 2.45) is 0 Å². The van der Waals surface area contributed by atoms with Gasteiger partial charge in [-0.15, -0.1) is 0 Å². The first-order valence-electron chi connectivity index (χ1n) is 6.58. The Morgan fingerprint density at radius 3 is 2.26 bits per heavy atom. The Bertz CT molecular complexity index is 316. The summed E-state index contributed by atoms with van der Waals surface area (Å²) < 4.78 is 0. The van der Waals surface area contributed by atoms with Gasteiger partial charge >= 0.3 is 5.97 Å². The molecule has 2 N–H and O–H groups in total. The number of carboxylic acid groups (broad SMARTS) is 1. The van der Waals surface area contributed by atoms with Crippen LogP contribution in [0.15, 0.2) is 0 Å². The highest BCUT2D eigenvalue weighted by Crippen LogP contribution is 2.02. The molecule has 19 heavy (non-hydrogen) atoms. The van der Waals surface area contributed by atoms with Crippen LogP contribution >= 0.6 is 0 Å². The van der Waals surface area contributed by atoms with E-state index in [0.29, 0.717) is 32.2 Å². The zero-order valence-electron chi connectivity index (χ0n) is 11.9. The maximum Gasteiger partial charge on any atom is 0.303 e. The van der Waals surface area contributed by atoms with E-state index in [0.717, 1.165) is 0 Å². The molecule has 0 heterocycles. The number of carboxylic acids is 1. The van der Waals surface area contributed by atoms with Crippen molar-refractivity contribution in [2.45, 2.75) is 52.0 Å². The van der Waals surface area contributed by atoms with E-state index in [1.165, 1.54) is 4.90 Å². The molecule has 0 unspecified atom stereocenters. The molecule has 0 aliphatic rings. The van der Waals surface area contributed by atoms with E-state index in [9.17, 15) is 14.4 Å². The highest BCUT2D eigenvalue weighted by Gasteiger charge is 2.10. The Kier molecular flexibility index (Phi) is 8.57. The van der Waals surface area contributed by atoms with Gasteiger partial charge in [0, 0.05) is 38.9 Å². The van der Waals surface area contributed by atoms with Gasteiger partial charge in [-0.25, -0.2) is 0 Å². The molecule has 110 valence electrons.